The zero-order chi connectivity index (χ0) is 11.1. The average Bonchev–Trinajstić information content (AvgIpc) is 2.19. The Labute approximate surface area is 93.1 Å². The van der Waals surface area contributed by atoms with Crippen molar-refractivity contribution in [2.75, 3.05) is 6.54 Å². The Hall–Kier alpha value is -0.890. The van der Waals surface area contributed by atoms with Crippen LogP contribution in [0, 0.1) is 5.92 Å². The molecule has 0 saturated heterocycles. The monoisotopic (exact) mass is 206 g/mol. The third-order valence-corrected chi connectivity index (χ3v) is 2.62. The van der Waals surface area contributed by atoms with Gasteiger partial charge >= 0.3 is 0 Å². The first-order valence-electron chi connectivity index (χ1n) is 5.84. The SMILES string of the molecule is CCNC(C)CC(C)Cc1cccnc1. The third-order valence-electron chi connectivity index (χ3n) is 2.62. The number of nitrogens with zero attached hydrogens (tertiary/aromatic N) is 1. The number of aromatic nitrogens is 1. The molecule has 0 radical (unpaired) electrons. The highest BCUT2D eigenvalue weighted by molar-refractivity contribution is 5.09. The zero-order valence-electron chi connectivity index (χ0n) is 10.0. The lowest BCUT2D eigenvalue weighted by Gasteiger charge is -2.17. The van der Waals surface area contributed by atoms with Crippen molar-refractivity contribution in [3.8, 4) is 0 Å². The van der Waals surface area contributed by atoms with Gasteiger partial charge in [-0.15, -0.1) is 0 Å². The summed E-state index contributed by atoms with van der Waals surface area (Å²) in [7, 11) is 0. The summed E-state index contributed by atoms with van der Waals surface area (Å²) in [6.07, 6.45) is 6.15. The Balaban J connectivity index is 2.33. The van der Waals surface area contributed by atoms with Crippen molar-refractivity contribution < 1.29 is 0 Å². The van der Waals surface area contributed by atoms with E-state index in [4.69, 9.17) is 0 Å². The summed E-state index contributed by atoms with van der Waals surface area (Å²) >= 11 is 0. The first-order chi connectivity index (χ1) is 7.22. The fourth-order valence-corrected chi connectivity index (χ4v) is 2.04. The first kappa shape index (κ1) is 12.2. The second-order valence-corrected chi connectivity index (χ2v) is 4.36. The van der Waals surface area contributed by atoms with Crippen LogP contribution in [-0.4, -0.2) is 17.6 Å². The van der Waals surface area contributed by atoms with Gasteiger partial charge < -0.3 is 5.32 Å². The molecule has 1 aromatic rings. The van der Waals surface area contributed by atoms with E-state index in [1.54, 1.807) is 0 Å². The third kappa shape index (κ3) is 4.93. The van der Waals surface area contributed by atoms with Gasteiger partial charge in [0.2, 0.25) is 0 Å². The zero-order valence-corrected chi connectivity index (χ0v) is 10.0. The molecule has 0 aliphatic carbocycles. The van der Waals surface area contributed by atoms with Crippen LogP contribution in [0.5, 0.6) is 0 Å². The van der Waals surface area contributed by atoms with Crippen LogP contribution < -0.4 is 5.32 Å². The van der Waals surface area contributed by atoms with Crippen LogP contribution in [0.15, 0.2) is 24.5 Å². The van der Waals surface area contributed by atoms with Gasteiger partial charge in [0.1, 0.15) is 0 Å². The summed E-state index contributed by atoms with van der Waals surface area (Å²) in [4.78, 5) is 4.14. The molecular weight excluding hydrogens is 184 g/mol. The molecule has 0 spiro atoms. The fraction of sp³-hybridized carbons (Fsp3) is 0.615. The van der Waals surface area contributed by atoms with Gasteiger partial charge in [0.15, 0.2) is 0 Å². The second kappa shape index (κ2) is 6.57. The minimum atomic E-state index is 0.613. The Morgan fingerprint density at radius 1 is 1.40 bits per heavy atom. The van der Waals surface area contributed by atoms with E-state index in [0.29, 0.717) is 12.0 Å². The van der Waals surface area contributed by atoms with Crippen LogP contribution in [0.4, 0.5) is 0 Å². The molecule has 0 aliphatic heterocycles. The Morgan fingerprint density at radius 3 is 2.80 bits per heavy atom. The maximum atomic E-state index is 4.14. The quantitative estimate of drug-likeness (QED) is 0.774. The highest BCUT2D eigenvalue weighted by atomic mass is 14.9. The molecule has 1 aromatic heterocycles. The highest BCUT2D eigenvalue weighted by Gasteiger charge is 2.08. The predicted octanol–water partition coefficient (Wildman–Crippen LogP) is 2.65. The molecule has 2 heteroatoms. The molecule has 84 valence electrons. The lowest BCUT2D eigenvalue weighted by molar-refractivity contribution is 0.426. The molecule has 0 saturated carbocycles. The normalized spacial score (nSPS) is 14.9. The Bertz CT molecular complexity index is 258. The van der Waals surface area contributed by atoms with Crippen molar-refractivity contribution in [1.29, 1.82) is 0 Å². The van der Waals surface area contributed by atoms with Crippen molar-refractivity contribution >= 4 is 0 Å². The molecule has 0 amide bonds. The molecule has 2 unspecified atom stereocenters. The number of hydrogen-bond acceptors (Lipinski definition) is 2. The molecule has 0 aromatic carbocycles. The lowest BCUT2D eigenvalue weighted by atomic mass is 9.96. The van der Waals surface area contributed by atoms with Gasteiger partial charge in [0, 0.05) is 18.4 Å². The molecule has 1 rings (SSSR count). The lowest BCUT2D eigenvalue weighted by Crippen LogP contribution is -2.27. The van der Waals surface area contributed by atoms with Crippen LogP contribution in [0.1, 0.15) is 32.8 Å². The summed E-state index contributed by atoms with van der Waals surface area (Å²) in [6.45, 7) is 7.77. The van der Waals surface area contributed by atoms with E-state index in [1.165, 1.54) is 12.0 Å². The van der Waals surface area contributed by atoms with Gasteiger partial charge in [0.25, 0.3) is 0 Å². The molecule has 15 heavy (non-hydrogen) atoms. The molecule has 1 heterocycles. The summed E-state index contributed by atoms with van der Waals surface area (Å²) in [5.41, 5.74) is 1.34. The van der Waals surface area contributed by atoms with E-state index in [1.807, 2.05) is 18.5 Å². The van der Waals surface area contributed by atoms with Crippen LogP contribution in [0.3, 0.4) is 0 Å². The molecule has 0 fully saturated rings. The van der Waals surface area contributed by atoms with E-state index in [-0.39, 0.29) is 0 Å². The Kier molecular flexibility index (Phi) is 5.33. The molecule has 1 N–H and O–H groups in total. The van der Waals surface area contributed by atoms with Crippen LogP contribution in [0.25, 0.3) is 0 Å². The predicted molar refractivity (Wildman–Crippen MR) is 64.9 cm³/mol. The van der Waals surface area contributed by atoms with Gasteiger partial charge in [-0.25, -0.2) is 0 Å². The molecule has 2 nitrogen and oxygen atoms in total. The van der Waals surface area contributed by atoms with Crippen LogP contribution in [0.2, 0.25) is 0 Å². The maximum absolute atomic E-state index is 4.14. The summed E-state index contributed by atoms with van der Waals surface area (Å²) in [6, 6.07) is 4.78. The standard InChI is InChI=1S/C13H22N2/c1-4-15-12(3)8-11(2)9-13-6-5-7-14-10-13/h5-7,10-12,15H,4,8-9H2,1-3H3. The topological polar surface area (TPSA) is 24.9 Å². The average molecular weight is 206 g/mol. The molecular formula is C13H22N2. The fourth-order valence-electron chi connectivity index (χ4n) is 2.04. The van der Waals surface area contributed by atoms with Crippen molar-refractivity contribution in [3.63, 3.8) is 0 Å². The van der Waals surface area contributed by atoms with Crippen LogP contribution >= 0.6 is 0 Å². The minimum absolute atomic E-state index is 0.613. The van der Waals surface area contributed by atoms with E-state index in [9.17, 15) is 0 Å². The number of hydrogen-bond donors (Lipinski definition) is 1. The van der Waals surface area contributed by atoms with E-state index < -0.39 is 0 Å². The number of pyridine rings is 1. The Morgan fingerprint density at radius 2 is 2.20 bits per heavy atom. The van der Waals surface area contributed by atoms with E-state index in [2.05, 4.69) is 37.1 Å². The molecule has 0 aliphatic rings. The smallest absolute Gasteiger partial charge is 0.0299 e. The van der Waals surface area contributed by atoms with Crippen molar-refractivity contribution in [3.05, 3.63) is 30.1 Å². The molecule has 0 bridgehead atoms. The summed E-state index contributed by atoms with van der Waals surface area (Å²) in [5, 5.41) is 3.45. The highest BCUT2D eigenvalue weighted by Crippen LogP contribution is 2.12. The first-order valence-corrected chi connectivity index (χ1v) is 5.84. The number of rotatable bonds is 6. The maximum Gasteiger partial charge on any atom is 0.0299 e. The van der Waals surface area contributed by atoms with E-state index in [0.717, 1.165) is 13.0 Å². The summed E-state index contributed by atoms with van der Waals surface area (Å²) < 4.78 is 0. The van der Waals surface area contributed by atoms with Crippen molar-refractivity contribution in [1.82, 2.24) is 10.3 Å². The van der Waals surface area contributed by atoms with Crippen molar-refractivity contribution in [2.45, 2.75) is 39.7 Å². The van der Waals surface area contributed by atoms with Gasteiger partial charge in [-0.05, 0) is 43.9 Å². The van der Waals surface area contributed by atoms with Gasteiger partial charge in [-0.2, -0.15) is 0 Å². The van der Waals surface area contributed by atoms with E-state index >= 15 is 0 Å². The number of nitrogens with one attached hydrogen (secondary N) is 1. The van der Waals surface area contributed by atoms with Crippen LogP contribution in [-0.2, 0) is 6.42 Å². The largest absolute Gasteiger partial charge is 0.315 e. The van der Waals surface area contributed by atoms with Gasteiger partial charge in [-0.3, -0.25) is 4.98 Å². The van der Waals surface area contributed by atoms with Gasteiger partial charge in [0.05, 0.1) is 0 Å². The minimum Gasteiger partial charge on any atom is -0.315 e. The van der Waals surface area contributed by atoms with Gasteiger partial charge in [-0.1, -0.05) is 19.9 Å². The molecule has 2 atom stereocenters. The summed E-state index contributed by atoms with van der Waals surface area (Å²) in [5.74, 6) is 0.711. The van der Waals surface area contributed by atoms with Crippen molar-refractivity contribution in [2.24, 2.45) is 5.92 Å². The second-order valence-electron chi connectivity index (χ2n) is 4.36.